The zero-order valence-corrected chi connectivity index (χ0v) is 24.6. The first-order valence-corrected chi connectivity index (χ1v) is 16.1. The van der Waals surface area contributed by atoms with Crippen LogP contribution in [0.2, 0.25) is 0 Å². The molecule has 0 atom stereocenters. The van der Waals surface area contributed by atoms with E-state index < -0.39 is 15.8 Å². The third-order valence-corrected chi connectivity index (χ3v) is 8.25. The lowest BCUT2D eigenvalue weighted by Gasteiger charge is -2.23. The van der Waals surface area contributed by atoms with Gasteiger partial charge in [0.1, 0.15) is 28.9 Å². The van der Waals surface area contributed by atoms with Crippen molar-refractivity contribution in [2.24, 2.45) is 0 Å². The van der Waals surface area contributed by atoms with Gasteiger partial charge in [0.05, 0.1) is 35.1 Å². The van der Waals surface area contributed by atoms with Crippen molar-refractivity contribution in [1.29, 1.82) is 0 Å². The molecule has 0 unspecified atom stereocenters. The van der Waals surface area contributed by atoms with E-state index in [0.717, 1.165) is 59.9 Å². The fourth-order valence-electron chi connectivity index (χ4n) is 5.49. The Morgan fingerprint density at radius 2 is 1.86 bits per heavy atom. The van der Waals surface area contributed by atoms with Crippen molar-refractivity contribution in [3.63, 3.8) is 0 Å². The molecule has 13 heteroatoms. The molecule has 4 N–H and O–H groups in total. The second kappa shape index (κ2) is 11.4. The van der Waals surface area contributed by atoms with E-state index in [-0.39, 0.29) is 12.6 Å². The van der Waals surface area contributed by atoms with E-state index in [4.69, 9.17) is 9.72 Å². The van der Waals surface area contributed by atoms with Gasteiger partial charge in [-0.1, -0.05) is 0 Å². The molecule has 1 aliphatic rings. The summed E-state index contributed by atoms with van der Waals surface area (Å²) in [5.74, 6) is 0.226. The Hall–Kier alpha value is -4.72. The predicted molar refractivity (Wildman–Crippen MR) is 166 cm³/mol. The number of rotatable bonds is 8. The van der Waals surface area contributed by atoms with Crippen molar-refractivity contribution < 1.29 is 17.5 Å². The number of pyridine rings is 3. The molecule has 11 nitrogen and oxygen atoms in total. The summed E-state index contributed by atoms with van der Waals surface area (Å²) in [6.07, 6.45) is 8.27. The summed E-state index contributed by atoms with van der Waals surface area (Å²) in [5.41, 5.74) is 6.68. The predicted octanol–water partition coefficient (Wildman–Crippen LogP) is 4.55. The molecule has 1 aliphatic heterocycles. The molecular weight excluding hydrogens is 583 g/mol. The van der Waals surface area contributed by atoms with Gasteiger partial charge in [-0.05, 0) is 80.0 Å². The average molecular weight is 613 g/mol. The minimum atomic E-state index is -3.44. The van der Waals surface area contributed by atoms with Crippen molar-refractivity contribution in [3.8, 4) is 39.7 Å². The lowest BCUT2D eigenvalue weighted by atomic mass is 10.0. The number of nitrogens with one attached hydrogen (secondary N) is 4. The molecule has 6 heterocycles. The van der Waals surface area contributed by atoms with E-state index in [0.29, 0.717) is 39.5 Å². The van der Waals surface area contributed by atoms with E-state index in [9.17, 15) is 12.8 Å². The van der Waals surface area contributed by atoms with Crippen molar-refractivity contribution >= 4 is 32.0 Å². The zero-order valence-electron chi connectivity index (χ0n) is 23.8. The summed E-state index contributed by atoms with van der Waals surface area (Å²) >= 11 is 0. The van der Waals surface area contributed by atoms with Crippen LogP contribution in [0.25, 0.3) is 55.8 Å². The number of benzene rings is 1. The number of sulfonamides is 1. The van der Waals surface area contributed by atoms with Crippen LogP contribution in [0.15, 0.2) is 67.1 Å². The first-order valence-electron chi connectivity index (χ1n) is 14.2. The standard InChI is InChI=1S/C31H29FN8O3S/c1-44(41,42)36-15-18-10-19(12-21(32)11-18)29-24-14-28(37-26(24)6-9-35-29)31-30-27(39-40-31)3-2-25(38-30)20-13-23(17-34-16-20)43-22-4-7-33-8-5-22/h2-3,6,9-14,16-17,22,33,36-37H,4-5,7-8,15H2,1H3,(H,39,40). The van der Waals surface area contributed by atoms with E-state index in [1.807, 2.05) is 30.3 Å². The molecule has 1 aromatic carbocycles. The summed E-state index contributed by atoms with van der Waals surface area (Å²) in [6.45, 7) is 1.85. The third-order valence-electron chi connectivity index (χ3n) is 7.58. The monoisotopic (exact) mass is 612 g/mol. The molecule has 1 fully saturated rings. The summed E-state index contributed by atoms with van der Waals surface area (Å²) in [6, 6.07) is 14.0. The van der Waals surface area contributed by atoms with Gasteiger partial charge in [-0.3, -0.25) is 15.1 Å². The van der Waals surface area contributed by atoms with Gasteiger partial charge >= 0.3 is 0 Å². The maximum Gasteiger partial charge on any atom is 0.209 e. The normalized spacial score (nSPS) is 14.4. The van der Waals surface area contributed by atoms with Gasteiger partial charge in [0.15, 0.2) is 0 Å². The molecule has 0 bridgehead atoms. The van der Waals surface area contributed by atoms with Crippen LogP contribution in [0.3, 0.4) is 0 Å². The van der Waals surface area contributed by atoms with Gasteiger partial charge < -0.3 is 15.0 Å². The van der Waals surface area contributed by atoms with E-state index in [1.165, 1.54) is 12.1 Å². The molecule has 6 aromatic rings. The molecular formula is C31H29FN8O3S. The van der Waals surface area contributed by atoms with E-state index in [1.54, 1.807) is 24.7 Å². The zero-order chi connectivity index (χ0) is 30.3. The van der Waals surface area contributed by atoms with Crippen LogP contribution < -0.4 is 14.8 Å². The topological polar surface area (TPSA) is 151 Å². The average Bonchev–Trinajstić information content (AvgIpc) is 3.64. The highest BCUT2D eigenvalue weighted by molar-refractivity contribution is 7.88. The number of halogens is 1. The Labute approximate surface area is 252 Å². The number of piperidine rings is 1. The molecule has 224 valence electrons. The fourth-order valence-corrected chi connectivity index (χ4v) is 5.92. The molecule has 0 amide bonds. The molecule has 5 aromatic heterocycles. The maximum atomic E-state index is 14.6. The van der Waals surface area contributed by atoms with Crippen molar-refractivity contribution in [2.45, 2.75) is 25.5 Å². The van der Waals surface area contributed by atoms with Gasteiger partial charge in [-0.25, -0.2) is 22.5 Å². The smallest absolute Gasteiger partial charge is 0.209 e. The lowest BCUT2D eigenvalue weighted by Crippen LogP contribution is -2.34. The highest BCUT2D eigenvalue weighted by atomic mass is 32.2. The van der Waals surface area contributed by atoms with E-state index in [2.05, 4.69) is 35.2 Å². The Balaban J connectivity index is 1.23. The van der Waals surface area contributed by atoms with Crippen LogP contribution in [-0.2, 0) is 16.6 Å². The second-order valence-electron chi connectivity index (χ2n) is 10.9. The number of aromatic nitrogens is 6. The Morgan fingerprint density at radius 3 is 2.70 bits per heavy atom. The summed E-state index contributed by atoms with van der Waals surface area (Å²) < 4.78 is 46.4. The van der Waals surface area contributed by atoms with Gasteiger partial charge in [0.25, 0.3) is 0 Å². The minimum Gasteiger partial charge on any atom is -0.489 e. The fraction of sp³-hybridized carbons (Fsp3) is 0.226. The highest BCUT2D eigenvalue weighted by Gasteiger charge is 2.18. The van der Waals surface area contributed by atoms with Crippen molar-refractivity contribution in [3.05, 3.63) is 78.5 Å². The molecule has 0 spiro atoms. The summed E-state index contributed by atoms with van der Waals surface area (Å²) in [5, 5.41) is 11.7. The largest absolute Gasteiger partial charge is 0.489 e. The number of nitrogens with zero attached hydrogens (tertiary/aromatic N) is 4. The number of fused-ring (bicyclic) bond motifs is 2. The molecule has 0 saturated carbocycles. The first-order chi connectivity index (χ1) is 21.3. The number of hydrogen-bond donors (Lipinski definition) is 4. The van der Waals surface area contributed by atoms with Gasteiger partial charge in [0, 0.05) is 41.0 Å². The van der Waals surface area contributed by atoms with Crippen LogP contribution in [0.5, 0.6) is 5.75 Å². The quantitative estimate of drug-likeness (QED) is 0.196. The Kier molecular flexibility index (Phi) is 7.28. The van der Waals surface area contributed by atoms with Crippen LogP contribution in [0.1, 0.15) is 18.4 Å². The van der Waals surface area contributed by atoms with Crippen LogP contribution in [-0.4, -0.2) is 64.0 Å². The summed E-state index contributed by atoms with van der Waals surface area (Å²) in [4.78, 5) is 17.3. The molecule has 0 aliphatic carbocycles. The lowest BCUT2D eigenvalue weighted by molar-refractivity contribution is 0.162. The molecule has 1 saturated heterocycles. The molecule has 0 radical (unpaired) electrons. The third kappa shape index (κ3) is 5.89. The number of H-pyrrole nitrogens is 2. The van der Waals surface area contributed by atoms with Crippen LogP contribution >= 0.6 is 0 Å². The van der Waals surface area contributed by atoms with Gasteiger partial charge in [-0.2, -0.15) is 5.10 Å². The van der Waals surface area contributed by atoms with Crippen molar-refractivity contribution in [1.82, 2.24) is 40.2 Å². The van der Waals surface area contributed by atoms with Gasteiger partial charge in [-0.15, -0.1) is 0 Å². The first kappa shape index (κ1) is 28.1. The van der Waals surface area contributed by atoms with Gasteiger partial charge in [0.2, 0.25) is 10.0 Å². The highest BCUT2D eigenvalue weighted by Crippen LogP contribution is 2.34. The minimum absolute atomic E-state index is 0.0339. The molecule has 44 heavy (non-hydrogen) atoms. The molecule has 7 rings (SSSR count). The van der Waals surface area contributed by atoms with Crippen molar-refractivity contribution in [2.75, 3.05) is 19.3 Å². The number of aromatic amines is 2. The number of hydrogen-bond acceptors (Lipinski definition) is 8. The second-order valence-corrected chi connectivity index (χ2v) is 12.7. The SMILES string of the molecule is CS(=O)(=O)NCc1cc(F)cc(-c2nccc3[nH]c(-c4n[nH]c5ccc(-c6cncc(OC7CCNCC7)c6)nc45)cc23)c1. The van der Waals surface area contributed by atoms with E-state index >= 15 is 0 Å². The number of ether oxygens (including phenoxy) is 1. The van der Waals surface area contributed by atoms with Crippen LogP contribution in [0, 0.1) is 5.82 Å². The Morgan fingerprint density at radius 1 is 1.00 bits per heavy atom. The Bertz CT molecular complexity index is 2100. The summed E-state index contributed by atoms with van der Waals surface area (Å²) in [7, 11) is -3.44. The maximum absolute atomic E-state index is 14.6. The van der Waals surface area contributed by atoms with Crippen LogP contribution in [0.4, 0.5) is 4.39 Å².